The predicted octanol–water partition coefficient (Wildman–Crippen LogP) is 0.584. The van der Waals surface area contributed by atoms with Crippen molar-refractivity contribution in [1.82, 2.24) is 42.1 Å². The van der Waals surface area contributed by atoms with E-state index in [9.17, 15) is 58.5 Å². The normalized spacial score (nSPS) is 17.6. The number of carboxylic acid groups (broad SMARTS) is 1. The molecule has 0 radical (unpaired) electrons. The minimum absolute atomic E-state index is 0.0205. The fourth-order valence-corrected chi connectivity index (χ4v) is 7.87. The number of hydrogen-bond donors (Lipinski definition) is 11. The van der Waals surface area contributed by atoms with Crippen LogP contribution in [-0.2, 0) is 49.6 Å². The van der Waals surface area contributed by atoms with Crippen molar-refractivity contribution in [3.05, 3.63) is 29.8 Å². The van der Waals surface area contributed by atoms with E-state index < -0.39 is 120 Å². The Labute approximate surface area is 412 Å². The van der Waals surface area contributed by atoms with Gasteiger partial charge in [-0.3, -0.25) is 38.4 Å². The van der Waals surface area contributed by atoms with Crippen molar-refractivity contribution >= 4 is 53.2 Å². The number of aliphatic carboxylic acids is 1. The predicted molar refractivity (Wildman–Crippen MR) is 261 cm³/mol. The Hall–Kier alpha value is -5.83. The van der Waals surface area contributed by atoms with Gasteiger partial charge in [0.25, 0.3) is 0 Å². The maximum Gasteiger partial charge on any atom is 0.326 e. The first-order valence-electron chi connectivity index (χ1n) is 24.5. The van der Waals surface area contributed by atoms with Crippen LogP contribution in [0.1, 0.15) is 120 Å². The van der Waals surface area contributed by atoms with Gasteiger partial charge in [0.1, 0.15) is 54.1 Å². The minimum Gasteiger partial charge on any atom is -0.508 e. The molecule has 1 aliphatic heterocycles. The summed E-state index contributed by atoms with van der Waals surface area (Å²) >= 11 is 0. The fraction of sp³-hybridized carbons (Fsp3) is 0.694. The number of phenols is 1. The molecule has 394 valence electrons. The maximum atomic E-state index is 14.2. The Morgan fingerprint density at radius 1 is 0.629 bits per heavy atom. The Morgan fingerprint density at radius 3 is 1.66 bits per heavy atom. The Kier molecular flexibility index (Phi) is 24.8. The van der Waals surface area contributed by atoms with Crippen molar-refractivity contribution in [2.45, 2.75) is 175 Å². The van der Waals surface area contributed by atoms with Crippen LogP contribution in [0, 0.1) is 29.6 Å². The zero-order chi connectivity index (χ0) is 53.2. The molecule has 8 amide bonds. The van der Waals surface area contributed by atoms with Gasteiger partial charge in [-0.1, -0.05) is 87.8 Å². The zero-order valence-corrected chi connectivity index (χ0v) is 42.8. The summed E-state index contributed by atoms with van der Waals surface area (Å²) in [6, 6.07) is -4.83. The quantitative estimate of drug-likeness (QED) is 0.0549. The van der Waals surface area contributed by atoms with E-state index in [1.165, 1.54) is 36.1 Å². The molecule has 1 aromatic rings. The monoisotopic (exact) mass is 988 g/mol. The highest BCUT2D eigenvalue weighted by Gasteiger charge is 2.40. The van der Waals surface area contributed by atoms with Crippen LogP contribution in [0.4, 0.5) is 0 Å². The summed E-state index contributed by atoms with van der Waals surface area (Å²) < 4.78 is 0. The summed E-state index contributed by atoms with van der Waals surface area (Å²) in [6.45, 7) is 18.8. The zero-order valence-electron chi connectivity index (χ0n) is 42.8. The van der Waals surface area contributed by atoms with E-state index in [2.05, 4.69) is 37.2 Å². The first kappa shape index (κ1) is 60.3. The highest BCUT2D eigenvalue weighted by Crippen LogP contribution is 2.22. The van der Waals surface area contributed by atoms with Crippen molar-refractivity contribution in [2.75, 3.05) is 13.2 Å². The van der Waals surface area contributed by atoms with E-state index in [0.29, 0.717) is 31.2 Å². The number of rotatable bonds is 28. The van der Waals surface area contributed by atoms with E-state index in [4.69, 9.17) is 5.73 Å². The second-order valence-corrected chi connectivity index (χ2v) is 20.1. The minimum atomic E-state index is -1.57. The number of nitrogens with zero attached hydrogens (tertiary/aromatic N) is 1. The summed E-state index contributed by atoms with van der Waals surface area (Å²) in [5, 5.41) is 47.9. The molecule has 0 aliphatic carbocycles. The second kappa shape index (κ2) is 28.7. The average molecular weight is 988 g/mol. The molecule has 1 heterocycles. The molecule has 21 nitrogen and oxygen atoms in total. The lowest BCUT2D eigenvalue weighted by molar-refractivity contribution is -0.143. The number of nitrogens with one attached hydrogen (secondary N) is 7. The summed E-state index contributed by atoms with van der Waals surface area (Å²) in [5.74, 6) is -7.90. The lowest BCUT2D eigenvalue weighted by Gasteiger charge is -2.31. The Morgan fingerprint density at radius 2 is 1.13 bits per heavy atom. The number of nitrogens with two attached hydrogens (primary N) is 1. The van der Waals surface area contributed by atoms with Crippen molar-refractivity contribution in [3.8, 4) is 5.75 Å². The standard InChI is InChI=1S/C49H81N9O12/c1-12-29(10)40(47(67)56-37(24-59)44(64)55-36(49(69)70)22-27(6)7)57-43(63)34(23-31-15-17-32(60)18-16-31)52-41(61)30(11)51-42(62)33(20-25(2)3)53-45(65)38-14-13-19-58(38)48(68)35(21-26(4)5)54-46(66)39(50)28(8)9/h15-18,25-30,33-40,59-60H,12-14,19-24,50H2,1-11H3,(H,51,62)(H,52,61)(H,53,65)(H,54,66)(H,55,64)(H,56,67)(H,57,63)(H,69,70)/t29-,30-,33-,34-,35-,36-,37-,38-,39-,40-/m0/s1. The highest BCUT2D eigenvalue weighted by atomic mass is 16.4. The second-order valence-electron chi connectivity index (χ2n) is 20.1. The van der Waals surface area contributed by atoms with Crippen LogP contribution in [0.25, 0.3) is 0 Å². The van der Waals surface area contributed by atoms with Crippen LogP contribution >= 0.6 is 0 Å². The summed E-state index contributed by atoms with van der Waals surface area (Å²) in [5.41, 5.74) is 6.58. The smallest absolute Gasteiger partial charge is 0.326 e. The molecule has 2 rings (SSSR count). The molecular weight excluding hydrogens is 907 g/mol. The van der Waals surface area contributed by atoms with Crippen LogP contribution in [0.2, 0.25) is 0 Å². The van der Waals surface area contributed by atoms with Crippen LogP contribution in [0.5, 0.6) is 5.75 Å². The third-order valence-electron chi connectivity index (χ3n) is 12.2. The molecule has 12 N–H and O–H groups in total. The largest absolute Gasteiger partial charge is 0.508 e. The Bertz CT molecular complexity index is 1950. The van der Waals surface area contributed by atoms with Crippen LogP contribution < -0.4 is 43.0 Å². The van der Waals surface area contributed by atoms with Crippen LogP contribution in [0.15, 0.2) is 24.3 Å². The van der Waals surface area contributed by atoms with Gasteiger partial charge in [-0.05, 0) is 86.3 Å². The number of likely N-dealkylation sites (tertiary alicyclic amines) is 1. The third kappa shape index (κ3) is 19.2. The molecule has 1 fully saturated rings. The van der Waals surface area contributed by atoms with E-state index >= 15 is 0 Å². The molecule has 0 unspecified atom stereocenters. The number of carbonyl (C=O) groups excluding carboxylic acids is 8. The van der Waals surface area contributed by atoms with Gasteiger partial charge >= 0.3 is 5.97 Å². The topological polar surface area (TPSA) is 328 Å². The lowest BCUT2D eigenvalue weighted by atomic mass is 9.96. The first-order chi connectivity index (χ1) is 32.7. The number of hydrogen-bond acceptors (Lipinski definition) is 12. The molecule has 0 saturated carbocycles. The molecule has 10 atom stereocenters. The SMILES string of the molecule is CC[C@H](C)[C@H](NC(=O)[C@H](Cc1ccc(O)cc1)NC(=O)[C@H](C)NC(=O)[C@H](CC(C)C)NC(=O)[C@@H]1CCCN1C(=O)[C@H](CC(C)C)NC(=O)[C@@H](N)C(C)C)C(=O)N[C@@H](CO)C(=O)N[C@@H](CC(C)C)C(=O)O. The lowest BCUT2D eigenvalue weighted by Crippen LogP contribution is -2.61. The van der Waals surface area contributed by atoms with Crippen molar-refractivity contribution in [2.24, 2.45) is 35.3 Å². The highest BCUT2D eigenvalue weighted by molar-refractivity contribution is 5.98. The molecule has 21 heteroatoms. The maximum absolute atomic E-state index is 14.2. The number of carbonyl (C=O) groups is 9. The van der Waals surface area contributed by atoms with Gasteiger partial charge in [0.15, 0.2) is 0 Å². The summed E-state index contributed by atoms with van der Waals surface area (Å²) in [6.07, 6.45) is 1.59. The van der Waals surface area contributed by atoms with Gasteiger partial charge in [0.2, 0.25) is 47.3 Å². The third-order valence-corrected chi connectivity index (χ3v) is 12.2. The van der Waals surface area contributed by atoms with E-state index in [1.54, 1.807) is 41.5 Å². The number of carboxylic acids is 1. The van der Waals surface area contributed by atoms with Gasteiger partial charge in [0, 0.05) is 13.0 Å². The van der Waals surface area contributed by atoms with Gasteiger partial charge in [-0.2, -0.15) is 0 Å². The molecule has 0 spiro atoms. The van der Waals surface area contributed by atoms with Crippen LogP contribution in [-0.4, -0.2) is 141 Å². The van der Waals surface area contributed by atoms with Gasteiger partial charge in [0.05, 0.1) is 12.6 Å². The average Bonchev–Trinajstić information content (AvgIpc) is 3.78. The fourth-order valence-electron chi connectivity index (χ4n) is 7.87. The number of phenolic OH excluding ortho intramolecular Hbond substituents is 1. The van der Waals surface area contributed by atoms with E-state index in [-0.39, 0.29) is 55.2 Å². The Balaban J connectivity index is 2.32. The number of aromatic hydroxyl groups is 1. The number of aliphatic hydroxyl groups excluding tert-OH is 1. The summed E-state index contributed by atoms with van der Waals surface area (Å²) in [4.78, 5) is 123. The molecule has 0 bridgehead atoms. The van der Waals surface area contributed by atoms with E-state index in [0.717, 1.165) is 0 Å². The number of benzene rings is 1. The van der Waals surface area contributed by atoms with Crippen molar-refractivity contribution < 1.29 is 58.5 Å². The summed E-state index contributed by atoms with van der Waals surface area (Å²) in [7, 11) is 0. The van der Waals surface area contributed by atoms with Gasteiger partial charge < -0.3 is 63.2 Å². The van der Waals surface area contributed by atoms with Crippen molar-refractivity contribution in [1.29, 1.82) is 0 Å². The molecular formula is C49H81N9O12. The van der Waals surface area contributed by atoms with Crippen molar-refractivity contribution in [3.63, 3.8) is 0 Å². The molecule has 70 heavy (non-hydrogen) atoms. The van der Waals surface area contributed by atoms with Crippen LogP contribution in [0.3, 0.4) is 0 Å². The van der Waals surface area contributed by atoms with Gasteiger partial charge in [-0.25, -0.2) is 4.79 Å². The van der Waals surface area contributed by atoms with E-state index in [1.807, 2.05) is 27.7 Å². The molecule has 1 aliphatic rings. The van der Waals surface area contributed by atoms with Gasteiger partial charge in [-0.15, -0.1) is 0 Å². The number of amides is 8. The molecule has 1 saturated heterocycles. The molecule has 0 aromatic heterocycles. The molecule has 1 aromatic carbocycles. The first-order valence-corrected chi connectivity index (χ1v) is 24.5. The number of aliphatic hydroxyl groups is 1.